The number of amides is 1. The van der Waals surface area contributed by atoms with Crippen molar-refractivity contribution in [1.82, 2.24) is 24.5 Å². The maximum atomic E-state index is 12.9. The molecule has 3 aromatic heterocycles. The molecule has 0 bridgehead atoms. The molecule has 1 aliphatic rings. The van der Waals surface area contributed by atoms with Crippen LogP contribution in [-0.4, -0.2) is 43.5 Å². The summed E-state index contributed by atoms with van der Waals surface area (Å²) >= 11 is 0. The number of piperidine rings is 1. The number of nitrogens with zero attached hydrogens (tertiary/aromatic N) is 5. The van der Waals surface area contributed by atoms with Crippen LogP contribution in [0.5, 0.6) is 0 Å². The van der Waals surface area contributed by atoms with Gasteiger partial charge in [-0.1, -0.05) is 12.1 Å². The van der Waals surface area contributed by atoms with E-state index in [0.29, 0.717) is 23.8 Å². The molecule has 0 N–H and O–H groups in total. The summed E-state index contributed by atoms with van der Waals surface area (Å²) in [5, 5.41) is 4.34. The van der Waals surface area contributed by atoms with Crippen LogP contribution in [-0.2, 0) is 0 Å². The number of benzene rings is 1. The van der Waals surface area contributed by atoms with Gasteiger partial charge in [0.05, 0.1) is 5.92 Å². The molecule has 1 aromatic carbocycles. The van der Waals surface area contributed by atoms with Crippen molar-refractivity contribution in [2.75, 3.05) is 13.1 Å². The van der Waals surface area contributed by atoms with E-state index >= 15 is 0 Å². The van der Waals surface area contributed by atoms with Gasteiger partial charge in [0.25, 0.3) is 5.91 Å². The number of likely N-dealkylation sites (tertiary alicyclic amines) is 1. The van der Waals surface area contributed by atoms with E-state index in [1.165, 1.54) is 0 Å². The van der Waals surface area contributed by atoms with Gasteiger partial charge in [0.1, 0.15) is 5.52 Å². The van der Waals surface area contributed by atoms with Crippen LogP contribution in [0.3, 0.4) is 0 Å². The maximum Gasteiger partial charge on any atom is 0.274 e. The first-order valence-electron chi connectivity index (χ1n) is 8.73. The van der Waals surface area contributed by atoms with Gasteiger partial charge in [-0.05, 0) is 31.0 Å². The minimum atomic E-state index is -0.0729. The fraction of sp³-hybridized carbons (Fsp3) is 0.263. The molecule has 0 spiro atoms. The molecular weight excluding hydrogens is 330 g/mol. The Morgan fingerprint density at radius 2 is 2.15 bits per heavy atom. The second kappa shape index (κ2) is 5.94. The van der Waals surface area contributed by atoms with Crippen LogP contribution < -0.4 is 0 Å². The van der Waals surface area contributed by atoms with E-state index in [9.17, 15) is 4.79 Å². The molecule has 4 aromatic rings. The van der Waals surface area contributed by atoms with Crippen molar-refractivity contribution in [1.29, 1.82) is 0 Å². The van der Waals surface area contributed by atoms with E-state index in [4.69, 9.17) is 4.42 Å². The molecule has 0 saturated carbocycles. The summed E-state index contributed by atoms with van der Waals surface area (Å²) < 4.78 is 7.53. The third-order valence-corrected chi connectivity index (χ3v) is 4.82. The number of hydrogen-bond donors (Lipinski definition) is 0. The Labute approximate surface area is 149 Å². The van der Waals surface area contributed by atoms with Crippen molar-refractivity contribution in [3.63, 3.8) is 0 Å². The summed E-state index contributed by atoms with van der Waals surface area (Å²) in [5.41, 5.74) is 2.74. The molecule has 4 heterocycles. The first-order chi connectivity index (χ1) is 12.8. The molecule has 5 rings (SSSR count). The lowest BCUT2D eigenvalue weighted by molar-refractivity contribution is 0.0692. The van der Waals surface area contributed by atoms with Crippen molar-refractivity contribution >= 4 is 22.7 Å². The minimum absolute atomic E-state index is 0.0729. The summed E-state index contributed by atoms with van der Waals surface area (Å²) in [6.45, 7) is 1.31. The van der Waals surface area contributed by atoms with E-state index in [2.05, 4.69) is 15.1 Å². The largest absolute Gasteiger partial charge is 0.440 e. The number of carbonyl (C=O) groups is 1. The van der Waals surface area contributed by atoms with Gasteiger partial charge in [-0.2, -0.15) is 5.10 Å². The fourth-order valence-electron chi connectivity index (χ4n) is 3.52. The Balaban J connectivity index is 1.40. The van der Waals surface area contributed by atoms with Crippen LogP contribution >= 0.6 is 0 Å². The highest BCUT2D eigenvalue weighted by atomic mass is 16.3. The van der Waals surface area contributed by atoms with Crippen molar-refractivity contribution in [2.24, 2.45) is 0 Å². The third kappa shape index (κ3) is 2.52. The maximum absolute atomic E-state index is 12.9. The highest BCUT2D eigenvalue weighted by Crippen LogP contribution is 2.29. The molecular formula is C19H17N5O2. The van der Waals surface area contributed by atoms with E-state index in [1.54, 1.807) is 29.0 Å². The van der Waals surface area contributed by atoms with Crippen LogP contribution in [0, 0.1) is 0 Å². The smallest absolute Gasteiger partial charge is 0.274 e. The van der Waals surface area contributed by atoms with E-state index < -0.39 is 0 Å². The molecule has 1 saturated heterocycles. The molecule has 130 valence electrons. The number of para-hydroxylation sites is 2. The van der Waals surface area contributed by atoms with Gasteiger partial charge in [0.2, 0.25) is 0 Å². The fourth-order valence-corrected chi connectivity index (χ4v) is 3.52. The molecule has 7 heteroatoms. The van der Waals surface area contributed by atoms with Gasteiger partial charge in [-0.15, -0.1) is 0 Å². The monoisotopic (exact) mass is 347 g/mol. The SMILES string of the molecule is O=C(c1cc2ncccn2n1)N1CCC[C@H](c2nc3ccccc3o2)C1. The van der Waals surface area contributed by atoms with Gasteiger partial charge in [-0.25, -0.2) is 14.5 Å². The predicted molar refractivity (Wildman–Crippen MR) is 94.9 cm³/mol. The van der Waals surface area contributed by atoms with Crippen LogP contribution in [0.1, 0.15) is 35.1 Å². The minimum Gasteiger partial charge on any atom is -0.440 e. The Kier molecular flexibility index (Phi) is 3.44. The van der Waals surface area contributed by atoms with E-state index in [0.717, 1.165) is 30.5 Å². The van der Waals surface area contributed by atoms with Crippen LogP contribution in [0.2, 0.25) is 0 Å². The van der Waals surface area contributed by atoms with Gasteiger partial charge in [0, 0.05) is 31.5 Å². The zero-order valence-corrected chi connectivity index (χ0v) is 14.1. The Hall–Kier alpha value is -3.22. The van der Waals surface area contributed by atoms with Gasteiger partial charge in [-0.3, -0.25) is 4.79 Å². The second-order valence-electron chi connectivity index (χ2n) is 6.56. The van der Waals surface area contributed by atoms with Gasteiger partial charge < -0.3 is 9.32 Å². The summed E-state index contributed by atoms with van der Waals surface area (Å²) in [6.07, 6.45) is 5.36. The second-order valence-corrected chi connectivity index (χ2v) is 6.56. The molecule has 1 aliphatic heterocycles. The lowest BCUT2D eigenvalue weighted by Gasteiger charge is -2.30. The van der Waals surface area contributed by atoms with Crippen molar-refractivity contribution in [3.8, 4) is 0 Å². The number of hydrogen-bond acceptors (Lipinski definition) is 5. The van der Waals surface area contributed by atoms with Crippen molar-refractivity contribution in [2.45, 2.75) is 18.8 Å². The standard InChI is InChI=1S/C19H17N5O2/c25-19(15-11-17-20-8-4-10-24(17)22-15)23-9-3-5-13(12-23)18-21-14-6-1-2-7-16(14)26-18/h1-2,4,6-8,10-11,13H,3,5,9,12H2/t13-/m0/s1. The zero-order chi connectivity index (χ0) is 17.5. The lowest BCUT2D eigenvalue weighted by Crippen LogP contribution is -2.39. The summed E-state index contributed by atoms with van der Waals surface area (Å²) in [6, 6.07) is 11.3. The number of rotatable bonds is 2. The average Bonchev–Trinajstić information content (AvgIpc) is 3.31. The normalized spacial score (nSPS) is 17.8. The van der Waals surface area contributed by atoms with Crippen LogP contribution in [0.4, 0.5) is 0 Å². The van der Waals surface area contributed by atoms with Crippen molar-refractivity contribution < 1.29 is 9.21 Å². The highest BCUT2D eigenvalue weighted by Gasteiger charge is 2.29. The molecule has 0 radical (unpaired) electrons. The molecule has 1 amide bonds. The Morgan fingerprint density at radius 3 is 3.04 bits per heavy atom. The summed E-state index contributed by atoms with van der Waals surface area (Å²) in [7, 11) is 0. The molecule has 26 heavy (non-hydrogen) atoms. The van der Waals surface area contributed by atoms with Crippen LogP contribution in [0.15, 0.2) is 53.2 Å². The lowest BCUT2D eigenvalue weighted by atomic mass is 9.97. The Morgan fingerprint density at radius 1 is 1.23 bits per heavy atom. The highest BCUT2D eigenvalue weighted by molar-refractivity contribution is 5.93. The summed E-state index contributed by atoms with van der Waals surface area (Å²) in [5.74, 6) is 0.743. The molecule has 1 atom stereocenters. The predicted octanol–water partition coefficient (Wildman–Crippen LogP) is 2.89. The average molecular weight is 347 g/mol. The van der Waals surface area contributed by atoms with Gasteiger partial charge >= 0.3 is 0 Å². The zero-order valence-electron chi connectivity index (χ0n) is 14.1. The van der Waals surface area contributed by atoms with Crippen LogP contribution in [0.25, 0.3) is 16.7 Å². The number of aromatic nitrogens is 4. The molecule has 0 unspecified atom stereocenters. The molecule has 1 fully saturated rings. The number of fused-ring (bicyclic) bond motifs is 2. The Bertz CT molecular complexity index is 1030. The molecule has 0 aliphatic carbocycles. The summed E-state index contributed by atoms with van der Waals surface area (Å²) in [4.78, 5) is 23.6. The third-order valence-electron chi connectivity index (χ3n) is 4.82. The van der Waals surface area contributed by atoms with E-state index in [1.807, 2.05) is 29.2 Å². The van der Waals surface area contributed by atoms with Crippen molar-refractivity contribution in [3.05, 3.63) is 60.4 Å². The quantitative estimate of drug-likeness (QED) is 0.557. The first-order valence-corrected chi connectivity index (χ1v) is 8.73. The number of carbonyl (C=O) groups excluding carboxylic acids is 1. The van der Waals surface area contributed by atoms with Gasteiger partial charge in [0.15, 0.2) is 22.8 Å². The molecule has 7 nitrogen and oxygen atoms in total. The number of oxazole rings is 1. The van der Waals surface area contributed by atoms with E-state index in [-0.39, 0.29) is 11.8 Å². The first kappa shape index (κ1) is 15.1. The topological polar surface area (TPSA) is 76.5 Å².